The lowest BCUT2D eigenvalue weighted by molar-refractivity contribution is -0.120. The second kappa shape index (κ2) is 7.59. The van der Waals surface area contributed by atoms with E-state index in [2.05, 4.69) is 28.6 Å². The quantitative estimate of drug-likeness (QED) is 0.862. The molecule has 21 heavy (non-hydrogen) atoms. The van der Waals surface area contributed by atoms with Crippen LogP contribution in [-0.4, -0.2) is 23.4 Å². The van der Waals surface area contributed by atoms with Gasteiger partial charge in [-0.3, -0.25) is 9.69 Å². The molecule has 1 aromatic carbocycles. The van der Waals surface area contributed by atoms with Gasteiger partial charge in [-0.05, 0) is 43.1 Å². The van der Waals surface area contributed by atoms with Crippen molar-refractivity contribution in [2.45, 2.75) is 26.4 Å². The van der Waals surface area contributed by atoms with Crippen LogP contribution in [0.2, 0.25) is 5.02 Å². The number of nitrogens with one attached hydrogen (secondary N) is 1. The number of thiophene rings is 1. The molecule has 0 spiro atoms. The third kappa shape index (κ3) is 4.56. The molecule has 0 aliphatic rings. The predicted molar refractivity (Wildman–Crippen MR) is 89.9 cm³/mol. The first kappa shape index (κ1) is 16.0. The molecule has 2 rings (SSSR count). The summed E-state index contributed by atoms with van der Waals surface area (Å²) in [6.45, 7) is 5.61. The van der Waals surface area contributed by atoms with Crippen LogP contribution < -0.4 is 5.32 Å². The molecule has 1 amide bonds. The first-order chi connectivity index (χ1) is 10.1. The molecule has 112 valence electrons. The zero-order valence-corrected chi connectivity index (χ0v) is 13.7. The Hall–Kier alpha value is -1.36. The monoisotopic (exact) mass is 322 g/mol. The van der Waals surface area contributed by atoms with Gasteiger partial charge in [0.25, 0.3) is 0 Å². The fraction of sp³-hybridized carbons (Fsp3) is 0.312. The Morgan fingerprint density at radius 1 is 1.38 bits per heavy atom. The van der Waals surface area contributed by atoms with E-state index in [1.54, 1.807) is 23.5 Å². The van der Waals surface area contributed by atoms with E-state index in [9.17, 15) is 4.79 Å². The van der Waals surface area contributed by atoms with Crippen molar-refractivity contribution >= 4 is 34.5 Å². The van der Waals surface area contributed by atoms with Crippen molar-refractivity contribution in [1.29, 1.82) is 0 Å². The van der Waals surface area contributed by atoms with Gasteiger partial charge in [0.15, 0.2) is 0 Å². The summed E-state index contributed by atoms with van der Waals surface area (Å²) >= 11 is 7.64. The highest BCUT2D eigenvalue weighted by Gasteiger charge is 2.20. The van der Waals surface area contributed by atoms with E-state index >= 15 is 0 Å². The lowest BCUT2D eigenvalue weighted by Crippen LogP contribution is -2.41. The smallest absolute Gasteiger partial charge is 0.241 e. The number of anilines is 1. The molecule has 5 heteroatoms. The van der Waals surface area contributed by atoms with Crippen LogP contribution in [0.15, 0.2) is 41.8 Å². The van der Waals surface area contributed by atoms with E-state index in [1.807, 2.05) is 25.1 Å². The van der Waals surface area contributed by atoms with Gasteiger partial charge in [0.05, 0.1) is 6.04 Å². The Balaban J connectivity index is 1.99. The first-order valence-corrected chi connectivity index (χ1v) is 8.18. The minimum Gasteiger partial charge on any atom is -0.325 e. The average Bonchev–Trinajstić information content (AvgIpc) is 2.97. The Bertz CT molecular complexity index is 586. The number of carbonyl (C=O) groups is 1. The van der Waals surface area contributed by atoms with Gasteiger partial charge in [-0.2, -0.15) is 0 Å². The maximum absolute atomic E-state index is 12.4. The van der Waals surface area contributed by atoms with Gasteiger partial charge >= 0.3 is 0 Å². The van der Waals surface area contributed by atoms with Crippen molar-refractivity contribution in [3.63, 3.8) is 0 Å². The second-order valence-electron chi connectivity index (χ2n) is 4.82. The van der Waals surface area contributed by atoms with Gasteiger partial charge in [-0.15, -0.1) is 11.3 Å². The molecule has 0 saturated heterocycles. The number of halogens is 1. The van der Waals surface area contributed by atoms with Gasteiger partial charge in [0.2, 0.25) is 5.91 Å². The van der Waals surface area contributed by atoms with Crippen LogP contribution in [0.1, 0.15) is 18.7 Å². The maximum atomic E-state index is 12.4. The standard InChI is InChI=1S/C16H19ClN2OS/c1-3-19(11-15-8-5-9-21-15)12(2)16(20)18-14-7-4-6-13(17)10-14/h4-10,12H,3,11H2,1-2H3,(H,18,20)/t12-/m0/s1. The van der Waals surface area contributed by atoms with Crippen LogP contribution in [-0.2, 0) is 11.3 Å². The molecular weight excluding hydrogens is 304 g/mol. The summed E-state index contributed by atoms with van der Waals surface area (Å²) in [7, 11) is 0. The second-order valence-corrected chi connectivity index (χ2v) is 6.29. The molecule has 1 heterocycles. The number of nitrogens with zero attached hydrogens (tertiary/aromatic N) is 1. The average molecular weight is 323 g/mol. The van der Waals surface area contributed by atoms with E-state index in [1.165, 1.54) is 4.88 Å². The van der Waals surface area contributed by atoms with Crippen molar-refractivity contribution in [1.82, 2.24) is 4.90 Å². The summed E-state index contributed by atoms with van der Waals surface area (Å²) < 4.78 is 0. The summed E-state index contributed by atoms with van der Waals surface area (Å²) in [5, 5.41) is 5.59. The summed E-state index contributed by atoms with van der Waals surface area (Å²) in [5.41, 5.74) is 0.728. The summed E-state index contributed by atoms with van der Waals surface area (Å²) in [4.78, 5) is 15.8. The van der Waals surface area contributed by atoms with E-state index in [-0.39, 0.29) is 11.9 Å². The largest absolute Gasteiger partial charge is 0.325 e. The fourth-order valence-corrected chi connectivity index (χ4v) is 3.02. The van der Waals surface area contributed by atoms with Gasteiger partial charge in [0.1, 0.15) is 0 Å². The maximum Gasteiger partial charge on any atom is 0.241 e. The van der Waals surface area contributed by atoms with Crippen molar-refractivity contribution < 1.29 is 4.79 Å². The molecule has 0 fully saturated rings. The molecule has 2 aromatic rings. The lowest BCUT2D eigenvalue weighted by Gasteiger charge is -2.26. The van der Waals surface area contributed by atoms with E-state index < -0.39 is 0 Å². The Labute approximate surface area is 134 Å². The van der Waals surface area contributed by atoms with Crippen molar-refractivity contribution in [2.24, 2.45) is 0 Å². The molecule has 0 aliphatic carbocycles. The molecule has 1 aromatic heterocycles. The normalized spacial score (nSPS) is 12.4. The van der Waals surface area contributed by atoms with Gasteiger partial charge in [-0.25, -0.2) is 0 Å². The molecule has 1 atom stereocenters. The van der Waals surface area contributed by atoms with Crippen molar-refractivity contribution in [3.8, 4) is 0 Å². The summed E-state index contributed by atoms with van der Waals surface area (Å²) in [6.07, 6.45) is 0. The summed E-state index contributed by atoms with van der Waals surface area (Å²) in [5.74, 6) is -0.0179. The predicted octanol–water partition coefficient (Wildman–Crippen LogP) is 4.25. The Morgan fingerprint density at radius 2 is 2.19 bits per heavy atom. The highest BCUT2D eigenvalue weighted by molar-refractivity contribution is 7.09. The van der Waals surface area contributed by atoms with Gasteiger partial charge in [-0.1, -0.05) is 30.7 Å². The van der Waals surface area contributed by atoms with Crippen LogP contribution in [0.5, 0.6) is 0 Å². The highest BCUT2D eigenvalue weighted by Crippen LogP contribution is 2.17. The first-order valence-electron chi connectivity index (χ1n) is 6.93. The van der Waals surface area contributed by atoms with Crippen LogP contribution in [0.3, 0.4) is 0 Å². The number of benzene rings is 1. The molecule has 0 bridgehead atoms. The number of hydrogen-bond donors (Lipinski definition) is 1. The number of amides is 1. The molecule has 0 saturated carbocycles. The van der Waals surface area contributed by atoms with Crippen molar-refractivity contribution in [3.05, 3.63) is 51.7 Å². The van der Waals surface area contributed by atoms with Crippen LogP contribution in [0, 0.1) is 0 Å². The molecule has 0 radical (unpaired) electrons. The molecule has 3 nitrogen and oxygen atoms in total. The van der Waals surface area contributed by atoms with Crippen LogP contribution >= 0.6 is 22.9 Å². The fourth-order valence-electron chi connectivity index (χ4n) is 2.10. The highest BCUT2D eigenvalue weighted by atomic mass is 35.5. The van der Waals surface area contributed by atoms with Crippen molar-refractivity contribution in [2.75, 3.05) is 11.9 Å². The molecule has 1 N–H and O–H groups in total. The zero-order chi connectivity index (χ0) is 15.2. The SMILES string of the molecule is CCN(Cc1cccs1)[C@@H](C)C(=O)Nc1cccc(Cl)c1. The zero-order valence-electron chi connectivity index (χ0n) is 12.2. The lowest BCUT2D eigenvalue weighted by atomic mass is 10.2. The van der Waals surface area contributed by atoms with Gasteiger partial charge < -0.3 is 5.32 Å². The van der Waals surface area contributed by atoms with Crippen LogP contribution in [0.4, 0.5) is 5.69 Å². The molecular formula is C16H19ClN2OS. The minimum atomic E-state index is -0.198. The number of rotatable bonds is 6. The third-order valence-corrected chi connectivity index (χ3v) is 4.46. The van der Waals surface area contributed by atoms with Crippen LogP contribution in [0.25, 0.3) is 0 Å². The van der Waals surface area contributed by atoms with Gasteiger partial charge in [0, 0.05) is 22.1 Å². The number of carbonyl (C=O) groups excluding carboxylic acids is 1. The minimum absolute atomic E-state index is 0.0179. The number of hydrogen-bond acceptors (Lipinski definition) is 3. The summed E-state index contributed by atoms with van der Waals surface area (Å²) in [6, 6.07) is 11.1. The topological polar surface area (TPSA) is 32.3 Å². The molecule has 0 unspecified atom stereocenters. The Morgan fingerprint density at radius 3 is 2.81 bits per heavy atom. The third-order valence-electron chi connectivity index (χ3n) is 3.36. The van der Waals surface area contributed by atoms with E-state index in [0.717, 1.165) is 18.8 Å². The molecule has 0 aliphatic heterocycles. The van der Waals surface area contributed by atoms with E-state index in [4.69, 9.17) is 11.6 Å². The number of likely N-dealkylation sites (N-methyl/N-ethyl adjacent to an activating group) is 1. The van der Waals surface area contributed by atoms with E-state index in [0.29, 0.717) is 5.02 Å². The Kier molecular flexibility index (Phi) is 5.79.